The van der Waals surface area contributed by atoms with Crippen molar-refractivity contribution in [3.05, 3.63) is 43.8 Å². The summed E-state index contributed by atoms with van der Waals surface area (Å²) in [5.41, 5.74) is 0.667. The number of Topliss-reactive ketones (excluding diaryl/α,β-unsaturated/α-hetero) is 2. The van der Waals surface area contributed by atoms with Gasteiger partial charge in [-0.25, -0.2) is 0 Å². The Balaban J connectivity index is 2.23. The molecule has 118 valence electrons. The van der Waals surface area contributed by atoms with Gasteiger partial charge in [-0.1, -0.05) is 26.8 Å². The number of hydrogen-bond acceptors (Lipinski definition) is 5. The second-order valence-corrected chi connectivity index (χ2v) is 8.35. The molecule has 0 aliphatic heterocycles. The van der Waals surface area contributed by atoms with Gasteiger partial charge in [0, 0.05) is 22.6 Å². The number of rotatable bonds is 6. The van der Waals surface area contributed by atoms with Gasteiger partial charge in [-0.3, -0.25) is 9.59 Å². The topological polar surface area (TPSA) is 54.4 Å². The molecule has 2 aromatic heterocycles. The Morgan fingerprint density at radius 1 is 1.23 bits per heavy atom. The Labute approximate surface area is 138 Å². The lowest BCUT2D eigenvalue weighted by molar-refractivity contribution is -0.117. The zero-order chi connectivity index (χ0) is 16.3. The molecular weight excluding hydrogens is 316 g/mol. The highest BCUT2D eigenvalue weighted by Crippen LogP contribution is 2.33. The maximum Gasteiger partial charge on any atom is 0.198 e. The summed E-state index contributed by atoms with van der Waals surface area (Å²) in [7, 11) is 0. The molecule has 2 aromatic rings. The van der Waals surface area contributed by atoms with Crippen molar-refractivity contribution in [2.75, 3.05) is 6.61 Å². The van der Waals surface area contributed by atoms with Crippen molar-refractivity contribution in [3.8, 4) is 0 Å². The van der Waals surface area contributed by atoms with Crippen LogP contribution in [0.2, 0.25) is 0 Å². The summed E-state index contributed by atoms with van der Waals surface area (Å²) >= 11 is 2.95. The predicted molar refractivity (Wildman–Crippen MR) is 91.2 cm³/mol. The van der Waals surface area contributed by atoms with Crippen molar-refractivity contribution in [2.24, 2.45) is 0 Å². The number of ketones is 2. The van der Waals surface area contributed by atoms with Crippen molar-refractivity contribution in [1.82, 2.24) is 0 Å². The van der Waals surface area contributed by atoms with Crippen LogP contribution >= 0.6 is 22.7 Å². The lowest BCUT2D eigenvalue weighted by atomic mass is 9.93. The van der Waals surface area contributed by atoms with Crippen molar-refractivity contribution in [1.29, 1.82) is 0 Å². The molecule has 0 unspecified atom stereocenters. The van der Waals surface area contributed by atoms with Crippen LogP contribution in [0.5, 0.6) is 0 Å². The summed E-state index contributed by atoms with van der Waals surface area (Å²) in [4.78, 5) is 26.8. The monoisotopic (exact) mass is 336 g/mol. The molecule has 0 spiro atoms. The van der Waals surface area contributed by atoms with Crippen LogP contribution < -0.4 is 0 Å². The average molecular weight is 336 g/mol. The number of aliphatic hydroxyl groups excluding tert-OH is 1. The van der Waals surface area contributed by atoms with Gasteiger partial charge >= 0.3 is 0 Å². The molecule has 5 heteroatoms. The third-order valence-electron chi connectivity index (χ3n) is 3.28. The van der Waals surface area contributed by atoms with Gasteiger partial charge in [0.1, 0.15) is 12.4 Å². The van der Waals surface area contributed by atoms with Crippen LogP contribution in [0, 0.1) is 0 Å². The fourth-order valence-electron chi connectivity index (χ4n) is 2.12. The van der Waals surface area contributed by atoms with Crippen molar-refractivity contribution < 1.29 is 14.7 Å². The summed E-state index contributed by atoms with van der Waals surface area (Å²) in [6.45, 7) is 5.70. The minimum Gasteiger partial charge on any atom is -0.388 e. The number of hydrogen-bond donors (Lipinski definition) is 1. The third kappa shape index (κ3) is 4.12. The van der Waals surface area contributed by atoms with E-state index in [0.717, 1.165) is 15.3 Å². The highest BCUT2D eigenvalue weighted by Gasteiger charge is 2.23. The van der Waals surface area contributed by atoms with Gasteiger partial charge in [0.05, 0.1) is 4.88 Å². The molecule has 0 atom stereocenters. The van der Waals surface area contributed by atoms with E-state index in [1.54, 1.807) is 11.3 Å². The summed E-state index contributed by atoms with van der Waals surface area (Å²) in [5, 5.41) is 11.1. The third-order valence-corrected chi connectivity index (χ3v) is 5.80. The highest BCUT2D eigenvalue weighted by atomic mass is 32.1. The maximum atomic E-state index is 12.2. The van der Waals surface area contributed by atoms with Crippen LogP contribution in [0.3, 0.4) is 0 Å². The quantitative estimate of drug-likeness (QED) is 0.820. The molecule has 0 aliphatic rings. The van der Waals surface area contributed by atoms with Crippen LogP contribution in [0.4, 0.5) is 0 Å². The smallest absolute Gasteiger partial charge is 0.198 e. The number of thiophene rings is 2. The standard InChI is InChI=1S/C17H20O3S2/c1-17(2,3)15-8-11(16(22-15)14(20)10-18)7-12(19)9-13-5-4-6-21-13/h4-6,8,18H,7,9-10H2,1-3H3. The van der Waals surface area contributed by atoms with E-state index in [1.165, 1.54) is 11.3 Å². The van der Waals surface area contributed by atoms with Gasteiger partial charge in [0.15, 0.2) is 5.78 Å². The predicted octanol–water partition coefficient (Wildman–Crippen LogP) is 3.64. The number of carbonyl (C=O) groups is 2. The van der Waals surface area contributed by atoms with Crippen LogP contribution in [0.15, 0.2) is 23.6 Å². The fraction of sp³-hybridized carbons (Fsp3) is 0.412. The largest absolute Gasteiger partial charge is 0.388 e. The molecule has 2 rings (SSSR count). The Bertz CT molecular complexity index is 661. The van der Waals surface area contributed by atoms with Gasteiger partial charge in [0.2, 0.25) is 0 Å². The second kappa shape index (κ2) is 6.86. The van der Waals surface area contributed by atoms with E-state index in [2.05, 4.69) is 20.8 Å². The van der Waals surface area contributed by atoms with Gasteiger partial charge < -0.3 is 5.11 Å². The zero-order valence-electron chi connectivity index (χ0n) is 13.0. The Hall–Kier alpha value is -1.30. The Kier molecular flexibility index (Phi) is 5.32. The van der Waals surface area contributed by atoms with Crippen molar-refractivity contribution in [2.45, 2.75) is 39.0 Å². The van der Waals surface area contributed by atoms with E-state index < -0.39 is 6.61 Å². The van der Waals surface area contributed by atoms with Crippen LogP contribution in [-0.2, 0) is 23.1 Å². The molecule has 0 radical (unpaired) electrons. The molecule has 0 fully saturated rings. The summed E-state index contributed by atoms with van der Waals surface area (Å²) < 4.78 is 0. The number of carbonyl (C=O) groups excluding carboxylic acids is 2. The molecule has 0 saturated heterocycles. The van der Waals surface area contributed by atoms with E-state index in [9.17, 15) is 9.59 Å². The zero-order valence-corrected chi connectivity index (χ0v) is 14.6. The van der Waals surface area contributed by atoms with Gasteiger partial charge in [-0.2, -0.15) is 0 Å². The number of aliphatic hydroxyl groups is 1. The van der Waals surface area contributed by atoms with Crippen LogP contribution in [-0.4, -0.2) is 23.3 Å². The molecule has 0 bridgehead atoms. The molecule has 0 saturated carbocycles. The molecule has 0 amide bonds. The van der Waals surface area contributed by atoms with Crippen molar-refractivity contribution >= 4 is 34.2 Å². The lowest BCUT2D eigenvalue weighted by Crippen LogP contribution is -2.10. The van der Waals surface area contributed by atoms with Crippen LogP contribution in [0.1, 0.15) is 45.8 Å². The fourth-order valence-corrected chi connectivity index (χ4v) is 4.02. The van der Waals surface area contributed by atoms with Crippen molar-refractivity contribution in [3.63, 3.8) is 0 Å². The first kappa shape index (κ1) is 17.1. The Morgan fingerprint density at radius 2 is 1.95 bits per heavy atom. The van der Waals surface area contributed by atoms with E-state index in [1.807, 2.05) is 23.6 Å². The molecule has 22 heavy (non-hydrogen) atoms. The first-order chi connectivity index (χ1) is 10.3. The molecule has 3 nitrogen and oxygen atoms in total. The molecule has 1 N–H and O–H groups in total. The van der Waals surface area contributed by atoms with E-state index in [-0.39, 0.29) is 23.4 Å². The van der Waals surface area contributed by atoms with Crippen LogP contribution in [0.25, 0.3) is 0 Å². The molecular formula is C17H20O3S2. The molecule has 2 heterocycles. The van der Waals surface area contributed by atoms with Gasteiger partial charge in [0.25, 0.3) is 0 Å². The SMILES string of the molecule is CC(C)(C)c1cc(CC(=O)Cc2cccs2)c(C(=O)CO)s1. The average Bonchev–Trinajstić information content (AvgIpc) is 3.06. The normalized spacial score (nSPS) is 11.6. The van der Waals surface area contributed by atoms with Gasteiger partial charge in [-0.15, -0.1) is 22.7 Å². The maximum absolute atomic E-state index is 12.2. The highest BCUT2D eigenvalue weighted by molar-refractivity contribution is 7.14. The minimum atomic E-state index is -0.518. The van der Waals surface area contributed by atoms with E-state index in [4.69, 9.17) is 5.11 Å². The first-order valence-electron chi connectivity index (χ1n) is 7.12. The molecule has 0 aromatic carbocycles. The summed E-state index contributed by atoms with van der Waals surface area (Å²) in [5.74, 6) is -0.216. The first-order valence-corrected chi connectivity index (χ1v) is 8.82. The van der Waals surface area contributed by atoms with Gasteiger partial charge in [-0.05, 0) is 28.5 Å². The van der Waals surface area contributed by atoms with E-state index in [0.29, 0.717) is 11.3 Å². The molecule has 0 aliphatic carbocycles. The lowest BCUT2D eigenvalue weighted by Gasteiger charge is -2.15. The summed E-state index contributed by atoms with van der Waals surface area (Å²) in [6, 6.07) is 5.81. The minimum absolute atomic E-state index is 0.0792. The second-order valence-electron chi connectivity index (χ2n) is 6.27. The van der Waals surface area contributed by atoms with E-state index >= 15 is 0 Å². The Morgan fingerprint density at radius 3 is 2.50 bits per heavy atom. The summed E-state index contributed by atoms with van der Waals surface area (Å²) in [6.07, 6.45) is 0.636.